The number of nitrogens with two attached hydrogens (primary N) is 1. The van der Waals surface area contributed by atoms with Gasteiger partial charge in [-0.1, -0.05) is 28.1 Å². The summed E-state index contributed by atoms with van der Waals surface area (Å²) in [7, 11) is 2.10. The van der Waals surface area contributed by atoms with Crippen LogP contribution in [0.15, 0.2) is 22.7 Å². The largest absolute Gasteiger partial charge is 0.380 e. The zero-order chi connectivity index (χ0) is 12.7. The van der Waals surface area contributed by atoms with E-state index < -0.39 is 0 Å². The van der Waals surface area contributed by atoms with Gasteiger partial charge in [-0.05, 0) is 31.2 Å². The lowest BCUT2D eigenvalue weighted by Crippen LogP contribution is -2.23. The van der Waals surface area contributed by atoms with Crippen LogP contribution in [-0.2, 0) is 17.8 Å². The van der Waals surface area contributed by atoms with Gasteiger partial charge in [0.25, 0.3) is 0 Å². The van der Waals surface area contributed by atoms with Crippen molar-refractivity contribution in [1.82, 2.24) is 4.90 Å². The molecule has 0 atom stereocenters. The molecule has 1 rings (SSSR count). The van der Waals surface area contributed by atoms with E-state index in [2.05, 4.69) is 46.1 Å². The molecule has 0 aliphatic heterocycles. The average molecular weight is 301 g/mol. The third kappa shape index (κ3) is 5.17. The quantitative estimate of drug-likeness (QED) is 0.786. The molecule has 0 aromatic heterocycles. The Morgan fingerprint density at radius 2 is 2.18 bits per heavy atom. The first-order chi connectivity index (χ1) is 8.17. The van der Waals surface area contributed by atoms with Gasteiger partial charge in [0.1, 0.15) is 0 Å². The summed E-state index contributed by atoms with van der Waals surface area (Å²) >= 11 is 3.58. The van der Waals surface area contributed by atoms with Crippen molar-refractivity contribution in [3.05, 3.63) is 33.8 Å². The highest BCUT2D eigenvalue weighted by molar-refractivity contribution is 9.10. The van der Waals surface area contributed by atoms with E-state index in [1.54, 1.807) is 0 Å². The Kier molecular flexibility index (Phi) is 6.73. The molecule has 96 valence electrons. The molecular weight excluding hydrogens is 280 g/mol. The second-order valence-corrected chi connectivity index (χ2v) is 4.92. The Hall–Kier alpha value is -0.420. The molecule has 1 aromatic carbocycles. The van der Waals surface area contributed by atoms with Crippen molar-refractivity contribution in [3.63, 3.8) is 0 Å². The fourth-order valence-electron chi connectivity index (χ4n) is 1.58. The first kappa shape index (κ1) is 14.6. The Bertz CT molecular complexity index is 344. The van der Waals surface area contributed by atoms with Gasteiger partial charge < -0.3 is 10.5 Å². The van der Waals surface area contributed by atoms with Crippen LogP contribution in [-0.4, -0.2) is 31.7 Å². The number of hydrogen-bond donors (Lipinski definition) is 1. The standard InChI is InChI=1S/C13H21BrN2O/c1-3-17-7-6-16(2)10-12-5-4-11(9-15)8-13(12)14/h4-5,8H,3,6-7,9-10,15H2,1-2H3. The summed E-state index contributed by atoms with van der Waals surface area (Å²) in [5, 5.41) is 0. The van der Waals surface area contributed by atoms with E-state index >= 15 is 0 Å². The fraction of sp³-hybridized carbons (Fsp3) is 0.538. The third-order valence-electron chi connectivity index (χ3n) is 2.61. The van der Waals surface area contributed by atoms with Gasteiger partial charge in [0.2, 0.25) is 0 Å². The van der Waals surface area contributed by atoms with Crippen LogP contribution in [0, 0.1) is 0 Å². The van der Waals surface area contributed by atoms with Gasteiger partial charge in [-0.3, -0.25) is 4.90 Å². The molecular formula is C13H21BrN2O. The van der Waals surface area contributed by atoms with Crippen molar-refractivity contribution in [3.8, 4) is 0 Å². The van der Waals surface area contributed by atoms with E-state index in [0.29, 0.717) is 6.54 Å². The van der Waals surface area contributed by atoms with Crippen LogP contribution in [0.1, 0.15) is 18.1 Å². The van der Waals surface area contributed by atoms with Crippen molar-refractivity contribution < 1.29 is 4.74 Å². The Labute approximate surface area is 112 Å². The molecule has 0 bridgehead atoms. The summed E-state index contributed by atoms with van der Waals surface area (Å²) in [6.07, 6.45) is 0. The summed E-state index contributed by atoms with van der Waals surface area (Å²) < 4.78 is 6.47. The molecule has 0 spiro atoms. The predicted molar refractivity (Wildman–Crippen MR) is 74.9 cm³/mol. The fourth-order valence-corrected chi connectivity index (χ4v) is 2.13. The van der Waals surface area contributed by atoms with E-state index in [0.717, 1.165) is 36.3 Å². The van der Waals surface area contributed by atoms with Crippen LogP contribution in [0.25, 0.3) is 0 Å². The van der Waals surface area contributed by atoms with Gasteiger partial charge >= 0.3 is 0 Å². The van der Waals surface area contributed by atoms with Crippen molar-refractivity contribution >= 4 is 15.9 Å². The van der Waals surface area contributed by atoms with Gasteiger partial charge in [0.05, 0.1) is 6.61 Å². The molecule has 0 aliphatic carbocycles. The molecule has 0 fully saturated rings. The molecule has 0 saturated carbocycles. The van der Waals surface area contributed by atoms with E-state index in [4.69, 9.17) is 10.5 Å². The van der Waals surface area contributed by atoms with Crippen LogP contribution >= 0.6 is 15.9 Å². The number of rotatable bonds is 7. The minimum absolute atomic E-state index is 0.582. The van der Waals surface area contributed by atoms with Gasteiger partial charge in [0, 0.05) is 30.7 Å². The van der Waals surface area contributed by atoms with Crippen molar-refractivity contribution in [2.75, 3.05) is 26.8 Å². The summed E-state index contributed by atoms with van der Waals surface area (Å²) in [5.41, 5.74) is 8.03. The Balaban J connectivity index is 2.50. The zero-order valence-corrected chi connectivity index (χ0v) is 12.2. The maximum absolute atomic E-state index is 5.60. The highest BCUT2D eigenvalue weighted by Gasteiger charge is 2.04. The monoisotopic (exact) mass is 300 g/mol. The van der Waals surface area contributed by atoms with Gasteiger partial charge in [-0.25, -0.2) is 0 Å². The number of halogens is 1. The van der Waals surface area contributed by atoms with E-state index in [-0.39, 0.29) is 0 Å². The van der Waals surface area contributed by atoms with Crippen molar-refractivity contribution in [2.45, 2.75) is 20.0 Å². The average Bonchev–Trinajstić information content (AvgIpc) is 2.32. The number of benzene rings is 1. The molecule has 0 aliphatic rings. The van der Waals surface area contributed by atoms with Crippen LogP contribution in [0.3, 0.4) is 0 Å². The number of ether oxygens (including phenoxy) is 1. The smallest absolute Gasteiger partial charge is 0.0593 e. The maximum atomic E-state index is 5.60. The molecule has 17 heavy (non-hydrogen) atoms. The SMILES string of the molecule is CCOCCN(C)Cc1ccc(CN)cc1Br. The molecule has 0 radical (unpaired) electrons. The lowest BCUT2D eigenvalue weighted by molar-refractivity contribution is 0.120. The summed E-state index contributed by atoms with van der Waals surface area (Å²) in [5.74, 6) is 0. The molecule has 0 amide bonds. The van der Waals surface area contributed by atoms with Crippen molar-refractivity contribution in [1.29, 1.82) is 0 Å². The van der Waals surface area contributed by atoms with Crippen molar-refractivity contribution in [2.24, 2.45) is 5.73 Å². The maximum Gasteiger partial charge on any atom is 0.0593 e. The predicted octanol–water partition coefficient (Wildman–Crippen LogP) is 2.38. The van der Waals surface area contributed by atoms with Gasteiger partial charge in [0.15, 0.2) is 0 Å². The Morgan fingerprint density at radius 1 is 1.41 bits per heavy atom. The second kappa shape index (κ2) is 7.82. The normalized spacial score (nSPS) is 11.1. The lowest BCUT2D eigenvalue weighted by Gasteiger charge is -2.17. The van der Waals surface area contributed by atoms with E-state index in [1.807, 2.05) is 6.92 Å². The molecule has 1 aromatic rings. The third-order valence-corrected chi connectivity index (χ3v) is 3.35. The van der Waals surface area contributed by atoms with Crippen LogP contribution < -0.4 is 5.73 Å². The second-order valence-electron chi connectivity index (χ2n) is 4.06. The molecule has 0 unspecified atom stereocenters. The van der Waals surface area contributed by atoms with Crippen LogP contribution in [0.2, 0.25) is 0 Å². The lowest BCUT2D eigenvalue weighted by atomic mass is 10.1. The molecule has 4 heteroatoms. The first-order valence-corrected chi connectivity index (χ1v) is 6.70. The summed E-state index contributed by atoms with van der Waals surface area (Å²) in [6, 6.07) is 6.30. The summed E-state index contributed by atoms with van der Waals surface area (Å²) in [4.78, 5) is 2.25. The van der Waals surface area contributed by atoms with Crippen LogP contribution in [0.5, 0.6) is 0 Å². The number of likely N-dealkylation sites (N-methyl/N-ethyl adjacent to an activating group) is 1. The van der Waals surface area contributed by atoms with Gasteiger partial charge in [-0.2, -0.15) is 0 Å². The minimum atomic E-state index is 0.582. The molecule has 2 N–H and O–H groups in total. The Morgan fingerprint density at radius 3 is 2.76 bits per heavy atom. The number of hydrogen-bond acceptors (Lipinski definition) is 3. The molecule has 3 nitrogen and oxygen atoms in total. The van der Waals surface area contributed by atoms with Gasteiger partial charge in [-0.15, -0.1) is 0 Å². The van der Waals surface area contributed by atoms with Crippen LogP contribution in [0.4, 0.5) is 0 Å². The topological polar surface area (TPSA) is 38.5 Å². The minimum Gasteiger partial charge on any atom is -0.380 e. The molecule has 0 saturated heterocycles. The van der Waals surface area contributed by atoms with E-state index in [9.17, 15) is 0 Å². The zero-order valence-electron chi connectivity index (χ0n) is 10.6. The molecule has 0 heterocycles. The highest BCUT2D eigenvalue weighted by Crippen LogP contribution is 2.19. The van der Waals surface area contributed by atoms with E-state index in [1.165, 1.54) is 5.56 Å². The number of nitrogens with zero attached hydrogens (tertiary/aromatic N) is 1. The highest BCUT2D eigenvalue weighted by atomic mass is 79.9. The summed E-state index contributed by atoms with van der Waals surface area (Å²) in [6.45, 7) is 6.02. The first-order valence-electron chi connectivity index (χ1n) is 5.91.